The number of aryl methyl sites for hydroxylation is 2. The molecular formula is C21H25N5O3S2. The molecule has 1 unspecified atom stereocenters. The van der Waals surface area contributed by atoms with Crippen molar-refractivity contribution in [2.45, 2.75) is 31.7 Å². The third kappa shape index (κ3) is 4.33. The van der Waals surface area contributed by atoms with Crippen LogP contribution in [0.4, 0.5) is 5.69 Å². The number of piperazine rings is 1. The van der Waals surface area contributed by atoms with Gasteiger partial charge in [0.1, 0.15) is 15.9 Å². The van der Waals surface area contributed by atoms with E-state index in [0.29, 0.717) is 37.2 Å². The Kier molecular flexibility index (Phi) is 6.07. The van der Waals surface area contributed by atoms with E-state index in [0.717, 1.165) is 28.5 Å². The van der Waals surface area contributed by atoms with Gasteiger partial charge in [0.05, 0.1) is 17.8 Å². The molecule has 2 heterocycles. The van der Waals surface area contributed by atoms with Crippen molar-refractivity contribution in [3.05, 3.63) is 47.5 Å². The Morgan fingerprint density at radius 3 is 2.58 bits per heavy atom. The number of sulfonamides is 1. The number of hydrogen-bond acceptors (Lipinski definition) is 7. The molecule has 0 aliphatic carbocycles. The monoisotopic (exact) mass is 459 g/mol. The van der Waals surface area contributed by atoms with E-state index in [1.54, 1.807) is 18.2 Å². The second kappa shape index (κ2) is 8.62. The first kappa shape index (κ1) is 21.8. The summed E-state index contributed by atoms with van der Waals surface area (Å²) in [7, 11) is -3.68. The summed E-state index contributed by atoms with van der Waals surface area (Å²) < 4.78 is 36.1. The molecule has 2 aromatic carbocycles. The number of nitrogens with one attached hydrogen (secondary N) is 1. The zero-order valence-electron chi connectivity index (χ0n) is 17.7. The first-order valence-corrected chi connectivity index (χ1v) is 12.3. The maximum absolute atomic E-state index is 13.2. The largest absolute Gasteiger partial charge is 0.324 e. The molecule has 1 aliphatic rings. The minimum atomic E-state index is -3.68. The normalized spacial score (nSPS) is 17.0. The van der Waals surface area contributed by atoms with Crippen molar-refractivity contribution in [1.82, 2.24) is 18.0 Å². The second-order valence-electron chi connectivity index (χ2n) is 7.81. The second-order valence-corrected chi connectivity index (χ2v) is 10.2. The predicted octanol–water partition coefficient (Wildman–Crippen LogP) is 2.64. The molecule has 1 aliphatic heterocycles. The van der Waals surface area contributed by atoms with Gasteiger partial charge in [0.2, 0.25) is 15.9 Å². The van der Waals surface area contributed by atoms with Crippen molar-refractivity contribution < 1.29 is 13.2 Å². The van der Waals surface area contributed by atoms with E-state index in [1.165, 1.54) is 4.31 Å². The van der Waals surface area contributed by atoms with E-state index in [1.807, 2.05) is 43.9 Å². The van der Waals surface area contributed by atoms with Crippen LogP contribution >= 0.6 is 11.7 Å². The van der Waals surface area contributed by atoms with E-state index < -0.39 is 10.0 Å². The van der Waals surface area contributed by atoms with Crippen LogP contribution in [0.1, 0.15) is 18.1 Å². The molecule has 0 spiro atoms. The van der Waals surface area contributed by atoms with Crippen LogP contribution in [0, 0.1) is 13.8 Å². The highest BCUT2D eigenvalue weighted by Gasteiger charge is 2.33. The number of aromatic nitrogens is 2. The third-order valence-corrected chi connectivity index (χ3v) is 8.19. The van der Waals surface area contributed by atoms with Crippen LogP contribution in [0.3, 0.4) is 0 Å². The van der Waals surface area contributed by atoms with E-state index in [-0.39, 0.29) is 16.8 Å². The van der Waals surface area contributed by atoms with E-state index in [2.05, 4.69) is 14.1 Å². The first-order chi connectivity index (χ1) is 14.8. The molecule has 8 nitrogen and oxygen atoms in total. The van der Waals surface area contributed by atoms with Crippen LogP contribution in [-0.4, -0.2) is 64.5 Å². The topological polar surface area (TPSA) is 95.5 Å². The average Bonchev–Trinajstić information content (AvgIpc) is 3.24. The number of rotatable bonds is 5. The van der Waals surface area contributed by atoms with Crippen LogP contribution in [0.5, 0.6) is 0 Å². The molecule has 1 aromatic heterocycles. The van der Waals surface area contributed by atoms with Crippen molar-refractivity contribution >= 4 is 44.4 Å². The van der Waals surface area contributed by atoms with Gasteiger partial charge >= 0.3 is 0 Å². The molecule has 1 N–H and O–H groups in total. The summed E-state index contributed by atoms with van der Waals surface area (Å²) in [6.07, 6.45) is 0. The average molecular weight is 460 g/mol. The van der Waals surface area contributed by atoms with Crippen LogP contribution < -0.4 is 5.32 Å². The van der Waals surface area contributed by atoms with Gasteiger partial charge in [-0.3, -0.25) is 9.69 Å². The van der Waals surface area contributed by atoms with Crippen LogP contribution in [0.25, 0.3) is 11.0 Å². The summed E-state index contributed by atoms with van der Waals surface area (Å²) >= 11 is 1.00. The summed E-state index contributed by atoms with van der Waals surface area (Å²) in [5, 5.41) is 3.01. The van der Waals surface area contributed by atoms with Crippen LogP contribution in [-0.2, 0) is 14.8 Å². The van der Waals surface area contributed by atoms with E-state index >= 15 is 0 Å². The fourth-order valence-corrected chi connectivity index (χ4v) is 5.91. The molecule has 1 atom stereocenters. The fraction of sp³-hybridized carbons (Fsp3) is 0.381. The molecule has 1 fully saturated rings. The zero-order chi connectivity index (χ0) is 22.2. The molecule has 1 amide bonds. The Bertz CT molecular complexity index is 1220. The third-order valence-electron chi connectivity index (χ3n) is 5.72. The molecule has 4 rings (SSSR count). The number of nitrogens with zero attached hydrogens (tertiary/aromatic N) is 4. The van der Waals surface area contributed by atoms with Gasteiger partial charge in [0.15, 0.2) is 0 Å². The highest BCUT2D eigenvalue weighted by molar-refractivity contribution is 7.89. The molecule has 164 valence electrons. The Morgan fingerprint density at radius 2 is 1.84 bits per heavy atom. The first-order valence-electron chi connectivity index (χ1n) is 10.1. The summed E-state index contributed by atoms with van der Waals surface area (Å²) in [4.78, 5) is 15.0. The van der Waals surface area contributed by atoms with Gasteiger partial charge in [-0.2, -0.15) is 13.1 Å². The molecule has 3 aromatic rings. The SMILES string of the molecule is Cc1ccc(C)c(NC(=O)C(C)N2CCN(S(=O)(=O)c3cccc4nsnc34)CC2)c1. The van der Waals surface area contributed by atoms with Crippen molar-refractivity contribution in [3.63, 3.8) is 0 Å². The highest BCUT2D eigenvalue weighted by atomic mass is 32.2. The van der Waals surface area contributed by atoms with Gasteiger partial charge in [-0.25, -0.2) is 8.42 Å². The van der Waals surface area contributed by atoms with Gasteiger partial charge in [-0.15, -0.1) is 0 Å². The maximum Gasteiger partial charge on any atom is 0.245 e. The number of anilines is 1. The smallest absolute Gasteiger partial charge is 0.245 e. The zero-order valence-corrected chi connectivity index (χ0v) is 19.3. The van der Waals surface area contributed by atoms with Crippen molar-refractivity contribution in [2.75, 3.05) is 31.5 Å². The predicted molar refractivity (Wildman–Crippen MR) is 122 cm³/mol. The highest BCUT2D eigenvalue weighted by Crippen LogP contribution is 2.25. The Balaban J connectivity index is 1.42. The number of carbonyl (C=O) groups excluding carboxylic acids is 1. The minimum Gasteiger partial charge on any atom is -0.324 e. The van der Waals surface area contributed by atoms with Crippen LogP contribution in [0.2, 0.25) is 0 Å². The van der Waals surface area contributed by atoms with Crippen molar-refractivity contribution in [2.24, 2.45) is 0 Å². The van der Waals surface area contributed by atoms with Crippen molar-refractivity contribution in [1.29, 1.82) is 0 Å². The number of carbonyl (C=O) groups is 1. The van der Waals surface area contributed by atoms with Crippen molar-refractivity contribution in [3.8, 4) is 0 Å². The Morgan fingerprint density at radius 1 is 1.10 bits per heavy atom. The summed E-state index contributed by atoms with van der Waals surface area (Å²) in [5.41, 5.74) is 3.89. The molecule has 31 heavy (non-hydrogen) atoms. The van der Waals surface area contributed by atoms with Gasteiger partial charge in [0.25, 0.3) is 0 Å². The molecule has 0 saturated carbocycles. The summed E-state index contributed by atoms with van der Waals surface area (Å²) in [6.45, 7) is 7.39. The minimum absolute atomic E-state index is 0.0941. The van der Waals surface area contributed by atoms with Crippen LogP contribution in [0.15, 0.2) is 41.3 Å². The number of fused-ring (bicyclic) bond motifs is 1. The number of benzene rings is 2. The molecule has 1 saturated heterocycles. The van der Waals surface area contributed by atoms with Gasteiger partial charge in [-0.05, 0) is 50.1 Å². The molecule has 10 heteroatoms. The quantitative estimate of drug-likeness (QED) is 0.630. The van der Waals surface area contributed by atoms with E-state index in [4.69, 9.17) is 0 Å². The summed E-state index contributed by atoms with van der Waals surface area (Å²) in [5.74, 6) is -0.0941. The van der Waals surface area contributed by atoms with E-state index in [9.17, 15) is 13.2 Å². The number of hydrogen-bond donors (Lipinski definition) is 1. The standard InChI is InChI=1S/C21H25N5O3S2/c1-14-7-8-15(2)18(13-14)22-21(27)16(3)25-9-11-26(12-10-25)31(28,29)19-6-4-5-17-20(19)24-30-23-17/h4-8,13,16H,9-12H2,1-3H3,(H,22,27). The summed E-state index contributed by atoms with van der Waals surface area (Å²) in [6, 6.07) is 10.6. The Labute approximate surface area is 186 Å². The maximum atomic E-state index is 13.2. The number of amides is 1. The fourth-order valence-electron chi connectivity index (χ4n) is 3.73. The Hall–Kier alpha value is -2.40. The lowest BCUT2D eigenvalue weighted by molar-refractivity contribution is -0.121. The molecule has 0 bridgehead atoms. The molecule has 0 radical (unpaired) electrons. The van der Waals surface area contributed by atoms with Gasteiger partial charge < -0.3 is 5.32 Å². The lowest BCUT2D eigenvalue weighted by atomic mass is 10.1. The lowest BCUT2D eigenvalue weighted by Crippen LogP contribution is -2.53. The lowest BCUT2D eigenvalue weighted by Gasteiger charge is -2.36. The van der Waals surface area contributed by atoms with Gasteiger partial charge in [0, 0.05) is 31.9 Å². The molecular weight excluding hydrogens is 434 g/mol. The van der Waals surface area contributed by atoms with Gasteiger partial charge in [-0.1, -0.05) is 18.2 Å².